The minimum atomic E-state index is -0.430. The van der Waals surface area contributed by atoms with Crippen LogP contribution in [0.25, 0.3) is 10.4 Å². The van der Waals surface area contributed by atoms with Crippen LogP contribution in [0.5, 0.6) is 11.5 Å². The molecule has 0 saturated carbocycles. The highest BCUT2D eigenvalue weighted by Gasteiger charge is 2.04. The van der Waals surface area contributed by atoms with Gasteiger partial charge in [0.2, 0.25) is 0 Å². The van der Waals surface area contributed by atoms with E-state index in [-0.39, 0.29) is 5.75 Å². The van der Waals surface area contributed by atoms with Crippen LogP contribution in [-0.2, 0) is 0 Å². The van der Waals surface area contributed by atoms with Gasteiger partial charge in [-0.05, 0) is 41.9 Å². The first-order valence-electron chi connectivity index (χ1n) is 4.97. The molecule has 0 spiro atoms. The molecule has 2 aromatic rings. The van der Waals surface area contributed by atoms with Crippen molar-refractivity contribution < 1.29 is 9.13 Å². The molecule has 0 N–H and O–H groups in total. The Morgan fingerprint density at radius 1 is 1.17 bits per heavy atom. The summed E-state index contributed by atoms with van der Waals surface area (Å²) in [5.41, 5.74) is 8.73. The van der Waals surface area contributed by atoms with Gasteiger partial charge in [0.15, 0.2) is 0 Å². The Morgan fingerprint density at radius 3 is 2.56 bits per heavy atom. The predicted molar refractivity (Wildman–Crippen MR) is 66.7 cm³/mol. The van der Waals surface area contributed by atoms with E-state index in [1.807, 2.05) is 0 Å². The van der Waals surface area contributed by atoms with Gasteiger partial charge in [0.05, 0.1) is 5.02 Å². The normalized spacial score (nSPS) is 9.67. The van der Waals surface area contributed by atoms with Crippen LogP contribution in [0, 0.1) is 5.82 Å². The molecule has 0 aliphatic rings. The van der Waals surface area contributed by atoms with E-state index in [1.165, 1.54) is 18.2 Å². The molecule has 0 aromatic heterocycles. The maximum absolute atomic E-state index is 13.0. The van der Waals surface area contributed by atoms with Crippen molar-refractivity contribution in [1.82, 2.24) is 0 Å². The first-order chi connectivity index (χ1) is 8.69. The highest BCUT2D eigenvalue weighted by molar-refractivity contribution is 6.32. The molecule has 0 aliphatic carbocycles. The molecule has 0 heterocycles. The van der Waals surface area contributed by atoms with E-state index >= 15 is 0 Å². The summed E-state index contributed by atoms with van der Waals surface area (Å²) in [5.74, 6) is 0.271. The first-order valence-corrected chi connectivity index (χ1v) is 5.35. The third kappa shape index (κ3) is 2.91. The summed E-state index contributed by atoms with van der Waals surface area (Å²) in [6.07, 6.45) is 0. The number of hydrogen-bond donors (Lipinski definition) is 0. The Balaban J connectivity index is 2.23. The second kappa shape index (κ2) is 5.40. The van der Waals surface area contributed by atoms with Gasteiger partial charge in [-0.15, -0.1) is 0 Å². The number of nitrogens with zero attached hydrogens (tertiary/aromatic N) is 3. The number of ether oxygens (including phenoxy) is 1. The fraction of sp³-hybridized carbons (Fsp3) is 0. The molecule has 4 nitrogen and oxygen atoms in total. The van der Waals surface area contributed by atoms with Crippen LogP contribution in [0.1, 0.15) is 0 Å². The molecule has 0 fully saturated rings. The van der Waals surface area contributed by atoms with Crippen molar-refractivity contribution in [2.75, 3.05) is 0 Å². The highest BCUT2D eigenvalue weighted by Crippen LogP contribution is 2.30. The topological polar surface area (TPSA) is 58.0 Å². The largest absolute Gasteiger partial charge is 0.456 e. The molecule has 90 valence electrons. The number of benzene rings is 2. The molecule has 0 radical (unpaired) electrons. The monoisotopic (exact) mass is 263 g/mol. The highest BCUT2D eigenvalue weighted by atomic mass is 35.5. The van der Waals surface area contributed by atoms with Crippen LogP contribution < -0.4 is 4.74 Å². The fourth-order valence-corrected chi connectivity index (χ4v) is 1.47. The Kier molecular flexibility index (Phi) is 3.67. The van der Waals surface area contributed by atoms with E-state index in [0.717, 1.165) is 0 Å². The molecular weight excluding hydrogens is 257 g/mol. The molecule has 18 heavy (non-hydrogen) atoms. The predicted octanol–water partition coefficient (Wildman–Crippen LogP) is 5.21. The zero-order valence-corrected chi connectivity index (χ0v) is 9.80. The van der Waals surface area contributed by atoms with Crippen LogP contribution in [0.15, 0.2) is 47.6 Å². The van der Waals surface area contributed by atoms with Gasteiger partial charge in [-0.2, -0.15) is 0 Å². The van der Waals surface area contributed by atoms with Gasteiger partial charge in [-0.1, -0.05) is 16.7 Å². The lowest BCUT2D eigenvalue weighted by atomic mass is 10.3. The Labute approximate surface area is 107 Å². The third-order valence-electron chi connectivity index (χ3n) is 2.12. The lowest BCUT2D eigenvalue weighted by Gasteiger charge is -2.07. The van der Waals surface area contributed by atoms with Crippen molar-refractivity contribution in [2.45, 2.75) is 0 Å². The molecule has 0 aliphatic heterocycles. The van der Waals surface area contributed by atoms with Gasteiger partial charge >= 0.3 is 0 Å². The van der Waals surface area contributed by atoms with Crippen LogP contribution >= 0.6 is 11.6 Å². The van der Waals surface area contributed by atoms with Gasteiger partial charge < -0.3 is 4.74 Å². The van der Waals surface area contributed by atoms with E-state index in [1.54, 1.807) is 24.3 Å². The van der Waals surface area contributed by atoms with Crippen molar-refractivity contribution in [3.05, 3.63) is 63.7 Å². The van der Waals surface area contributed by atoms with E-state index < -0.39 is 5.82 Å². The second-order valence-electron chi connectivity index (χ2n) is 3.36. The number of hydrogen-bond acceptors (Lipinski definition) is 2. The van der Waals surface area contributed by atoms with E-state index in [0.29, 0.717) is 16.5 Å². The smallest absolute Gasteiger partial charge is 0.148 e. The summed E-state index contributed by atoms with van der Waals surface area (Å²) >= 11 is 5.87. The first kappa shape index (κ1) is 12.2. The number of rotatable bonds is 3. The summed E-state index contributed by atoms with van der Waals surface area (Å²) in [5, 5.41) is 3.74. The summed E-state index contributed by atoms with van der Waals surface area (Å²) in [6, 6.07) is 10.2. The SMILES string of the molecule is [N-]=[N+]=Nc1ccc(Oc2cc(F)ccc2Cl)cc1. The average molecular weight is 264 g/mol. The second-order valence-corrected chi connectivity index (χ2v) is 3.77. The quantitative estimate of drug-likeness (QED) is 0.426. The van der Waals surface area contributed by atoms with Crippen molar-refractivity contribution >= 4 is 17.3 Å². The molecule has 0 amide bonds. The molecule has 6 heteroatoms. The lowest BCUT2D eigenvalue weighted by molar-refractivity contribution is 0.477. The van der Waals surface area contributed by atoms with Crippen LogP contribution in [-0.4, -0.2) is 0 Å². The van der Waals surface area contributed by atoms with Crippen molar-refractivity contribution in [1.29, 1.82) is 0 Å². The Bertz CT molecular complexity index is 609. The zero-order chi connectivity index (χ0) is 13.0. The zero-order valence-electron chi connectivity index (χ0n) is 9.05. The van der Waals surface area contributed by atoms with E-state index in [4.69, 9.17) is 21.9 Å². The summed E-state index contributed by atoms with van der Waals surface area (Å²) in [6.45, 7) is 0. The average Bonchev–Trinajstić information content (AvgIpc) is 2.37. The van der Waals surface area contributed by atoms with E-state index in [9.17, 15) is 4.39 Å². The van der Waals surface area contributed by atoms with E-state index in [2.05, 4.69) is 10.0 Å². The lowest BCUT2D eigenvalue weighted by Crippen LogP contribution is -1.86. The van der Waals surface area contributed by atoms with Crippen molar-refractivity contribution in [3.8, 4) is 11.5 Å². The molecular formula is C12H7ClFN3O. The summed E-state index contributed by atoms with van der Waals surface area (Å²) < 4.78 is 18.4. The number of azide groups is 1. The third-order valence-corrected chi connectivity index (χ3v) is 2.43. The maximum atomic E-state index is 13.0. The minimum absolute atomic E-state index is 0.230. The molecule has 2 aromatic carbocycles. The molecule has 0 atom stereocenters. The van der Waals surface area contributed by atoms with Gasteiger partial charge in [-0.3, -0.25) is 0 Å². The van der Waals surface area contributed by atoms with Crippen LogP contribution in [0.2, 0.25) is 5.02 Å². The van der Waals surface area contributed by atoms with Crippen LogP contribution in [0.4, 0.5) is 10.1 Å². The number of halogens is 2. The molecule has 0 bridgehead atoms. The fourth-order valence-electron chi connectivity index (χ4n) is 1.31. The minimum Gasteiger partial charge on any atom is -0.456 e. The Morgan fingerprint density at radius 2 is 1.89 bits per heavy atom. The van der Waals surface area contributed by atoms with Gasteiger partial charge in [0.25, 0.3) is 0 Å². The standard InChI is InChI=1S/C12H7ClFN3O/c13-11-6-1-8(14)7-12(11)18-10-4-2-9(3-5-10)16-17-15/h1-7H. The summed E-state index contributed by atoms with van der Waals surface area (Å²) in [7, 11) is 0. The van der Waals surface area contributed by atoms with Crippen molar-refractivity contribution in [2.24, 2.45) is 5.11 Å². The maximum Gasteiger partial charge on any atom is 0.148 e. The molecule has 2 rings (SSSR count). The van der Waals surface area contributed by atoms with Gasteiger partial charge in [0.1, 0.15) is 17.3 Å². The van der Waals surface area contributed by atoms with Gasteiger partial charge in [0, 0.05) is 16.7 Å². The molecule has 0 saturated heterocycles. The van der Waals surface area contributed by atoms with Crippen molar-refractivity contribution in [3.63, 3.8) is 0 Å². The molecule has 0 unspecified atom stereocenters. The Hall–Kier alpha value is -2.23. The summed E-state index contributed by atoms with van der Waals surface area (Å²) in [4.78, 5) is 2.66. The van der Waals surface area contributed by atoms with Crippen LogP contribution in [0.3, 0.4) is 0 Å². The van der Waals surface area contributed by atoms with Gasteiger partial charge in [-0.25, -0.2) is 4.39 Å².